The van der Waals surface area contributed by atoms with E-state index in [0.717, 1.165) is 21.7 Å². The lowest BCUT2D eigenvalue weighted by Crippen LogP contribution is -2.22. The van der Waals surface area contributed by atoms with Gasteiger partial charge in [0.1, 0.15) is 18.0 Å². The zero-order valence-electron chi connectivity index (χ0n) is 11.3. The number of nitrogens with one attached hydrogen (secondary N) is 1. The second-order valence-corrected chi connectivity index (χ2v) is 5.21. The number of likely N-dealkylation sites (N-methyl/N-ethyl adjacent to an activating group) is 1. The number of benzene rings is 1. The first kappa shape index (κ1) is 14.7. The molecule has 106 valence electrons. The van der Waals surface area contributed by atoms with Crippen LogP contribution >= 0.6 is 15.9 Å². The molecule has 0 radical (unpaired) electrons. The Labute approximate surface area is 126 Å². The first-order valence-electron chi connectivity index (χ1n) is 6.32. The van der Waals surface area contributed by atoms with Gasteiger partial charge in [0, 0.05) is 30.7 Å². The molecule has 0 atom stereocenters. The smallest absolute Gasteiger partial charge is 0.133 e. The lowest BCUT2D eigenvalue weighted by atomic mass is 10.2. The molecule has 0 aliphatic heterocycles. The first-order valence-corrected chi connectivity index (χ1v) is 7.11. The van der Waals surface area contributed by atoms with Gasteiger partial charge in [-0.1, -0.05) is 34.1 Å². The zero-order chi connectivity index (χ0) is 14.4. The van der Waals surface area contributed by atoms with E-state index >= 15 is 0 Å². The Balaban J connectivity index is 2.03. The van der Waals surface area contributed by atoms with Crippen LogP contribution in [-0.4, -0.2) is 35.3 Å². The van der Waals surface area contributed by atoms with Crippen molar-refractivity contribution in [2.75, 3.05) is 30.4 Å². The van der Waals surface area contributed by atoms with Crippen molar-refractivity contribution in [3.63, 3.8) is 0 Å². The van der Waals surface area contributed by atoms with Crippen molar-refractivity contribution in [3.05, 3.63) is 46.7 Å². The van der Waals surface area contributed by atoms with Crippen LogP contribution in [0.5, 0.6) is 0 Å². The number of aliphatic hydroxyl groups is 1. The van der Waals surface area contributed by atoms with E-state index in [-0.39, 0.29) is 6.61 Å². The predicted octanol–water partition coefficient (Wildman–Crippen LogP) is 2.28. The van der Waals surface area contributed by atoms with Crippen LogP contribution in [0, 0.1) is 0 Å². The number of aromatic nitrogens is 2. The van der Waals surface area contributed by atoms with Crippen LogP contribution in [0.1, 0.15) is 5.56 Å². The Morgan fingerprint density at radius 2 is 2.10 bits per heavy atom. The number of hydrogen-bond donors (Lipinski definition) is 2. The van der Waals surface area contributed by atoms with Crippen molar-refractivity contribution in [2.24, 2.45) is 0 Å². The van der Waals surface area contributed by atoms with E-state index in [4.69, 9.17) is 5.11 Å². The molecular formula is C14H17BrN4O. The summed E-state index contributed by atoms with van der Waals surface area (Å²) in [5.74, 6) is 1.54. The third kappa shape index (κ3) is 3.91. The van der Waals surface area contributed by atoms with Gasteiger partial charge >= 0.3 is 0 Å². The third-order valence-electron chi connectivity index (χ3n) is 2.90. The average molecular weight is 337 g/mol. The van der Waals surface area contributed by atoms with Crippen molar-refractivity contribution < 1.29 is 5.11 Å². The number of rotatable bonds is 6. The van der Waals surface area contributed by atoms with Crippen LogP contribution < -0.4 is 10.2 Å². The van der Waals surface area contributed by atoms with Gasteiger partial charge in [-0.2, -0.15) is 0 Å². The van der Waals surface area contributed by atoms with Crippen molar-refractivity contribution in [3.8, 4) is 0 Å². The third-order valence-corrected chi connectivity index (χ3v) is 3.67. The molecule has 1 aromatic heterocycles. The minimum absolute atomic E-state index is 0.0974. The van der Waals surface area contributed by atoms with Gasteiger partial charge in [-0.3, -0.25) is 0 Å². The van der Waals surface area contributed by atoms with Crippen LogP contribution in [-0.2, 0) is 6.54 Å². The fourth-order valence-electron chi connectivity index (χ4n) is 1.74. The summed E-state index contributed by atoms with van der Waals surface area (Å²) < 4.78 is 1.07. The standard InChI is InChI=1S/C14H17BrN4O/c1-19(6-7-20)14-8-13(17-10-18-14)16-9-11-4-2-3-5-12(11)15/h2-5,8,10,20H,6-7,9H2,1H3,(H,16,17,18). The Hall–Kier alpha value is -1.66. The first-order chi connectivity index (χ1) is 9.70. The summed E-state index contributed by atoms with van der Waals surface area (Å²) >= 11 is 3.52. The van der Waals surface area contributed by atoms with Gasteiger partial charge in [-0.15, -0.1) is 0 Å². The van der Waals surface area contributed by atoms with Gasteiger partial charge < -0.3 is 15.3 Å². The molecule has 6 heteroatoms. The minimum atomic E-state index is 0.0974. The van der Waals surface area contributed by atoms with Gasteiger partial charge in [-0.05, 0) is 11.6 Å². The van der Waals surface area contributed by atoms with E-state index in [9.17, 15) is 0 Å². The molecule has 0 saturated heterocycles. The molecule has 0 saturated carbocycles. The highest BCUT2D eigenvalue weighted by Gasteiger charge is 2.04. The number of halogens is 1. The summed E-state index contributed by atoms with van der Waals surface area (Å²) in [7, 11) is 1.89. The SMILES string of the molecule is CN(CCO)c1cc(NCc2ccccc2Br)ncn1. The van der Waals surface area contributed by atoms with Crippen LogP contribution in [0.3, 0.4) is 0 Å². The van der Waals surface area contributed by atoms with E-state index in [1.54, 1.807) is 0 Å². The topological polar surface area (TPSA) is 61.3 Å². The maximum Gasteiger partial charge on any atom is 0.133 e. The molecule has 20 heavy (non-hydrogen) atoms. The number of hydrogen-bond acceptors (Lipinski definition) is 5. The van der Waals surface area contributed by atoms with E-state index in [2.05, 4.69) is 37.3 Å². The number of anilines is 2. The van der Waals surface area contributed by atoms with Crippen LogP contribution in [0.25, 0.3) is 0 Å². The molecule has 0 spiro atoms. The second kappa shape index (κ2) is 7.21. The van der Waals surface area contributed by atoms with Gasteiger partial charge in [-0.25, -0.2) is 9.97 Å². The van der Waals surface area contributed by atoms with E-state index < -0.39 is 0 Å². The highest BCUT2D eigenvalue weighted by Crippen LogP contribution is 2.18. The predicted molar refractivity (Wildman–Crippen MR) is 83.9 cm³/mol. The largest absolute Gasteiger partial charge is 0.395 e. The molecular weight excluding hydrogens is 320 g/mol. The Bertz CT molecular complexity index is 564. The minimum Gasteiger partial charge on any atom is -0.395 e. The van der Waals surface area contributed by atoms with Gasteiger partial charge in [0.15, 0.2) is 0 Å². The van der Waals surface area contributed by atoms with Gasteiger partial charge in [0.2, 0.25) is 0 Å². The molecule has 2 aromatic rings. The average Bonchev–Trinajstić information content (AvgIpc) is 2.47. The highest BCUT2D eigenvalue weighted by atomic mass is 79.9. The molecule has 2 rings (SSSR count). The van der Waals surface area contributed by atoms with E-state index in [1.165, 1.54) is 6.33 Å². The molecule has 0 amide bonds. The van der Waals surface area contributed by atoms with Crippen molar-refractivity contribution in [1.82, 2.24) is 9.97 Å². The lowest BCUT2D eigenvalue weighted by Gasteiger charge is -2.17. The number of aliphatic hydroxyl groups excluding tert-OH is 1. The molecule has 1 aromatic carbocycles. The van der Waals surface area contributed by atoms with E-state index in [0.29, 0.717) is 13.1 Å². The van der Waals surface area contributed by atoms with Crippen molar-refractivity contribution in [1.29, 1.82) is 0 Å². The van der Waals surface area contributed by atoms with Gasteiger partial charge in [0.05, 0.1) is 6.61 Å². The van der Waals surface area contributed by atoms with Crippen LogP contribution in [0.4, 0.5) is 11.6 Å². The second-order valence-electron chi connectivity index (χ2n) is 4.35. The molecule has 5 nitrogen and oxygen atoms in total. The normalized spacial score (nSPS) is 10.3. The molecule has 0 aliphatic carbocycles. The molecule has 0 fully saturated rings. The molecule has 0 aliphatic rings. The Morgan fingerprint density at radius 3 is 2.85 bits per heavy atom. The Morgan fingerprint density at radius 1 is 1.30 bits per heavy atom. The summed E-state index contributed by atoms with van der Waals surface area (Å²) in [5.41, 5.74) is 1.16. The van der Waals surface area contributed by atoms with Crippen molar-refractivity contribution in [2.45, 2.75) is 6.54 Å². The Kier molecular flexibility index (Phi) is 5.31. The van der Waals surface area contributed by atoms with Crippen molar-refractivity contribution >= 4 is 27.6 Å². The maximum atomic E-state index is 8.94. The lowest BCUT2D eigenvalue weighted by molar-refractivity contribution is 0.304. The number of nitrogens with zero attached hydrogens (tertiary/aromatic N) is 3. The highest BCUT2D eigenvalue weighted by molar-refractivity contribution is 9.10. The molecule has 0 bridgehead atoms. The fraction of sp³-hybridized carbons (Fsp3) is 0.286. The summed E-state index contributed by atoms with van der Waals surface area (Å²) in [6.07, 6.45) is 1.52. The summed E-state index contributed by atoms with van der Waals surface area (Å²) in [6, 6.07) is 9.92. The fourth-order valence-corrected chi connectivity index (χ4v) is 2.17. The van der Waals surface area contributed by atoms with Crippen LogP contribution in [0.2, 0.25) is 0 Å². The molecule has 2 N–H and O–H groups in total. The summed E-state index contributed by atoms with van der Waals surface area (Å²) in [4.78, 5) is 10.3. The summed E-state index contributed by atoms with van der Waals surface area (Å²) in [5, 5.41) is 12.2. The quantitative estimate of drug-likeness (QED) is 0.847. The van der Waals surface area contributed by atoms with E-state index in [1.807, 2.05) is 36.2 Å². The zero-order valence-corrected chi connectivity index (χ0v) is 12.8. The molecule has 0 unspecified atom stereocenters. The summed E-state index contributed by atoms with van der Waals surface area (Å²) in [6.45, 7) is 1.32. The maximum absolute atomic E-state index is 8.94. The molecule has 1 heterocycles. The van der Waals surface area contributed by atoms with Gasteiger partial charge in [0.25, 0.3) is 0 Å². The van der Waals surface area contributed by atoms with Crippen LogP contribution in [0.15, 0.2) is 41.1 Å². The monoisotopic (exact) mass is 336 g/mol.